The van der Waals surface area contributed by atoms with Gasteiger partial charge in [0.05, 0.1) is 11.5 Å². The normalized spacial score (nSPS) is 23.7. The van der Waals surface area contributed by atoms with E-state index in [1.165, 1.54) is 6.08 Å². The van der Waals surface area contributed by atoms with Crippen LogP contribution in [-0.2, 0) is 44.5 Å². The van der Waals surface area contributed by atoms with E-state index in [0.717, 1.165) is 27.8 Å². The number of carbonyl (C=O) groups is 5. The van der Waals surface area contributed by atoms with Crippen molar-refractivity contribution < 1.29 is 42.9 Å². The van der Waals surface area contributed by atoms with Gasteiger partial charge in [-0.05, 0) is 77.8 Å². The Hall–Kier alpha value is -6.27. The highest BCUT2D eigenvalue weighted by Gasteiger charge is 2.48. The van der Waals surface area contributed by atoms with Crippen LogP contribution in [0.5, 0.6) is 0 Å². The first kappa shape index (κ1) is 43.8. The molecule has 1 fully saturated rings. The first-order valence-electron chi connectivity index (χ1n) is 21.3. The minimum atomic E-state index is -1.24. The Morgan fingerprint density at radius 3 is 2.15 bits per heavy atom. The van der Waals surface area contributed by atoms with Gasteiger partial charge in [-0.15, -0.1) is 0 Å². The average Bonchev–Trinajstić information content (AvgIpc) is 4.00. The number of ether oxygens (including phenoxy) is 4. The lowest BCUT2D eigenvalue weighted by molar-refractivity contribution is -0.179. The number of amides is 3. The van der Waals surface area contributed by atoms with Crippen molar-refractivity contribution in [3.05, 3.63) is 138 Å². The predicted molar refractivity (Wildman–Crippen MR) is 234 cm³/mol. The molecule has 0 spiro atoms. The molecule has 3 amide bonds. The van der Waals surface area contributed by atoms with Gasteiger partial charge in [-0.2, -0.15) is 0 Å². The van der Waals surface area contributed by atoms with Crippen LogP contribution in [0.1, 0.15) is 81.7 Å². The fraction of sp³-hybridized carbons (Fsp3) is 0.380. The Balaban J connectivity index is 1.03. The number of carbonyl (C=O) groups excluding carboxylic acids is 5. The molecule has 324 valence electrons. The number of epoxide rings is 1. The summed E-state index contributed by atoms with van der Waals surface area (Å²) in [4.78, 5) is 67.5. The average molecular weight is 842 g/mol. The van der Waals surface area contributed by atoms with Gasteiger partial charge >= 0.3 is 18.0 Å². The van der Waals surface area contributed by atoms with Crippen molar-refractivity contribution in [3.63, 3.8) is 0 Å². The molecule has 0 saturated carbocycles. The third-order valence-corrected chi connectivity index (χ3v) is 11.7. The quantitative estimate of drug-likeness (QED) is 0.0822. The van der Waals surface area contributed by atoms with Crippen molar-refractivity contribution in [3.8, 4) is 11.1 Å². The second-order valence-electron chi connectivity index (χ2n) is 17.4. The van der Waals surface area contributed by atoms with Crippen molar-refractivity contribution in [2.24, 2.45) is 17.3 Å². The number of fused-ring (bicyclic) bond motifs is 3. The molecule has 62 heavy (non-hydrogen) atoms. The second kappa shape index (κ2) is 19.2. The van der Waals surface area contributed by atoms with Gasteiger partial charge < -0.3 is 29.6 Å². The van der Waals surface area contributed by atoms with E-state index >= 15 is 0 Å². The van der Waals surface area contributed by atoms with Crippen LogP contribution in [0.15, 0.2) is 115 Å². The van der Waals surface area contributed by atoms with Crippen LogP contribution >= 0.6 is 0 Å². The van der Waals surface area contributed by atoms with E-state index in [9.17, 15) is 24.0 Å². The first-order chi connectivity index (χ1) is 29.8. The van der Waals surface area contributed by atoms with E-state index in [-0.39, 0.29) is 62.4 Å². The molecular formula is C50H55N3O9. The van der Waals surface area contributed by atoms with E-state index in [1.54, 1.807) is 44.2 Å². The number of hydrogen-bond donors (Lipinski definition) is 3. The van der Waals surface area contributed by atoms with Crippen molar-refractivity contribution in [2.75, 3.05) is 18.5 Å². The maximum absolute atomic E-state index is 13.8. The van der Waals surface area contributed by atoms with Crippen LogP contribution in [0, 0.1) is 17.3 Å². The maximum atomic E-state index is 13.8. The SMILES string of the molecule is CC(C)C[C@@H]1OC(=O)C(C)(C)CNC(=O)[C@@H](Cc2ccc(NC(=O)OCC3c4ccccc4-c4ccccc43)cc2)NC(=O)/C=C/C[C@@H]([C@H](C)C2OC2c2ccccc2)OC1=O. The summed E-state index contributed by atoms with van der Waals surface area (Å²) in [5.41, 5.74) is 5.49. The van der Waals surface area contributed by atoms with Gasteiger partial charge in [0.1, 0.15) is 24.9 Å². The van der Waals surface area contributed by atoms with Gasteiger partial charge in [-0.1, -0.05) is 118 Å². The highest BCUT2D eigenvalue weighted by molar-refractivity contribution is 5.93. The summed E-state index contributed by atoms with van der Waals surface area (Å²) in [6.45, 7) is 9.06. The van der Waals surface area contributed by atoms with Crippen molar-refractivity contribution in [1.82, 2.24) is 10.6 Å². The third kappa shape index (κ3) is 10.6. The zero-order chi connectivity index (χ0) is 44.0. The molecule has 4 aromatic rings. The largest absolute Gasteiger partial charge is 0.459 e. The summed E-state index contributed by atoms with van der Waals surface area (Å²) in [6.07, 6.45) is 0.576. The van der Waals surface area contributed by atoms with Crippen LogP contribution < -0.4 is 16.0 Å². The number of benzene rings is 4. The molecule has 3 aliphatic rings. The third-order valence-electron chi connectivity index (χ3n) is 11.7. The van der Waals surface area contributed by atoms with Crippen LogP contribution in [0.4, 0.5) is 10.5 Å². The summed E-state index contributed by atoms with van der Waals surface area (Å²) in [5.74, 6) is -2.74. The molecule has 3 N–H and O–H groups in total. The highest BCUT2D eigenvalue weighted by Crippen LogP contribution is 2.46. The van der Waals surface area contributed by atoms with E-state index < -0.39 is 53.5 Å². The fourth-order valence-electron chi connectivity index (χ4n) is 8.10. The van der Waals surface area contributed by atoms with E-state index in [1.807, 2.05) is 75.4 Å². The zero-order valence-corrected chi connectivity index (χ0v) is 35.8. The Kier molecular flexibility index (Phi) is 13.6. The molecule has 4 aromatic carbocycles. The standard InChI is InChI=1S/C50H55N3O9/c1-30(2)26-42-47(56)60-41(31(3)44-45(62-44)33-14-7-6-8-15-33)20-13-21-43(54)53-40(46(55)51-29-50(4,5)48(57)61-42)27-32-22-24-34(25-23-32)52-49(58)59-28-39-37-18-11-9-16-35(37)36-17-10-12-19-38(36)39/h6-19,21-25,30-31,39-42,44-45H,20,26-29H2,1-5H3,(H,51,55)(H,52,58)(H,53,54)/b21-13+/t31-,40+,41-,42-,44?,45?/m0/s1. The molecule has 2 heterocycles. The number of cyclic esters (lactones) is 2. The summed E-state index contributed by atoms with van der Waals surface area (Å²) in [6, 6.07) is 31.9. The second-order valence-corrected chi connectivity index (χ2v) is 17.4. The fourth-order valence-corrected chi connectivity index (χ4v) is 8.10. The summed E-state index contributed by atoms with van der Waals surface area (Å²) in [5, 5.41) is 8.40. The Morgan fingerprint density at radius 2 is 1.48 bits per heavy atom. The van der Waals surface area contributed by atoms with Gasteiger partial charge in [0.2, 0.25) is 11.8 Å². The van der Waals surface area contributed by atoms with Gasteiger partial charge in [-0.25, -0.2) is 9.59 Å². The zero-order valence-electron chi connectivity index (χ0n) is 35.8. The van der Waals surface area contributed by atoms with Gasteiger partial charge in [0, 0.05) is 36.9 Å². The van der Waals surface area contributed by atoms with Crippen LogP contribution in [0.2, 0.25) is 0 Å². The molecule has 0 aromatic heterocycles. The minimum absolute atomic E-state index is 0.000908. The summed E-state index contributed by atoms with van der Waals surface area (Å²) >= 11 is 0. The molecular weight excluding hydrogens is 787 g/mol. The number of hydrogen-bond acceptors (Lipinski definition) is 9. The molecule has 6 atom stereocenters. The predicted octanol–water partition coefficient (Wildman–Crippen LogP) is 7.82. The van der Waals surface area contributed by atoms with Gasteiger partial charge in [0.15, 0.2) is 6.10 Å². The van der Waals surface area contributed by atoms with Crippen LogP contribution in [0.25, 0.3) is 11.1 Å². The van der Waals surface area contributed by atoms with Crippen molar-refractivity contribution >= 4 is 35.5 Å². The van der Waals surface area contributed by atoms with E-state index in [0.29, 0.717) is 11.3 Å². The Bertz CT molecular complexity index is 2240. The molecule has 12 nitrogen and oxygen atoms in total. The lowest BCUT2D eigenvalue weighted by Gasteiger charge is -2.29. The monoisotopic (exact) mass is 841 g/mol. The van der Waals surface area contributed by atoms with Crippen molar-refractivity contribution in [1.29, 1.82) is 0 Å². The Labute approximate surface area is 362 Å². The molecule has 7 rings (SSSR count). The van der Waals surface area contributed by atoms with Gasteiger partial charge in [0.25, 0.3) is 0 Å². The molecule has 2 aliphatic heterocycles. The Morgan fingerprint density at radius 1 is 0.839 bits per heavy atom. The summed E-state index contributed by atoms with van der Waals surface area (Å²) in [7, 11) is 0. The maximum Gasteiger partial charge on any atom is 0.411 e. The number of rotatable bonds is 10. The molecule has 1 saturated heterocycles. The number of nitrogens with one attached hydrogen (secondary N) is 3. The lowest BCUT2D eigenvalue weighted by atomic mass is 9.92. The smallest absolute Gasteiger partial charge is 0.411 e. The molecule has 0 bridgehead atoms. The molecule has 1 aliphatic carbocycles. The van der Waals surface area contributed by atoms with E-state index in [2.05, 4.69) is 40.2 Å². The number of anilines is 1. The van der Waals surface area contributed by atoms with Crippen molar-refractivity contribution in [2.45, 2.75) is 90.3 Å². The molecule has 2 unspecified atom stereocenters. The van der Waals surface area contributed by atoms with Gasteiger partial charge in [-0.3, -0.25) is 19.7 Å². The first-order valence-corrected chi connectivity index (χ1v) is 21.3. The molecule has 0 radical (unpaired) electrons. The van der Waals surface area contributed by atoms with Crippen LogP contribution in [0.3, 0.4) is 0 Å². The van der Waals surface area contributed by atoms with E-state index in [4.69, 9.17) is 18.9 Å². The lowest BCUT2D eigenvalue weighted by Crippen LogP contribution is -2.51. The van der Waals surface area contributed by atoms with Crippen LogP contribution in [-0.4, -0.2) is 67.4 Å². The number of esters is 2. The minimum Gasteiger partial charge on any atom is -0.459 e. The summed E-state index contributed by atoms with van der Waals surface area (Å²) < 4.78 is 23.7. The molecule has 12 heteroatoms. The highest BCUT2D eigenvalue weighted by atomic mass is 16.6. The topological polar surface area (TPSA) is 162 Å².